The number of rotatable bonds is 12. The zero-order valence-electron chi connectivity index (χ0n) is 50.6. The summed E-state index contributed by atoms with van der Waals surface area (Å²) in [7, 11) is 5.57. The smallest absolute Gasteiger partial charge is 0.329 e. The number of benzene rings is 2. The third kappa shape index (κ3) is 19.1. The van der Waals surface area contributed by atoms with E-state index in [1.165, 1.54) is 45.0 Å². The van der Waals surface area contributed by atoms with Crippen molar-refractivity contribution in [2.75, 3.05) is 54.5 Å². The summed E-state index contributed by atoms with van der Waals surface area (Å²) in [5, 5.41) is 23.0. The van der Waals surface area contributed by atoms with Crippen molar-refractivity contribution in [3.05, 3.63) is 71.8 Å². The second kappa shape index (κ2) is 32.4. The van der Waals surface area contributed by atoms with Crippen molar-refractivity contribution in [2.45, 2.75) is 178 Å². The molecule has 12 atom stereocenters. The molecule has 24 heteroatoms. The van der Waals surface area contributed by atoms with Gasteiger partial charge in [0.25, 0.3) is 11.7 Å². The monoisotopic (exact) mass is 1200 g/mol. The summed E-state index contributed by atoms with van der Waals surface area (Å²) in [5.41, 5.74) is 1.40. The Kier molecular flexibility index (Phi) is 25.6. The Hall–Kier alpha value is -7.31. The third-order valence-corrected chi connectivity index (χ3v) is 16.9. The van der Waals surface area contributed by atoms with Gasteiger partial charge in [-0.05, 0) is 94.1 Å². The summed E-state index contributed by atoms with van der Waals surface area (Å²) in [6.45, 7) is 4.23. The van der Waals surface area contributed by atoms with Gasteiger partial charge in [0.1, 0.15) is 36.4 Å². The molecule has 5 N–H and O–H groups in total. The maximum atomic E-state index is 14.6. The summed E-state index contributed by atoms with van der Waals surface area (Å²) < 4.78 is 28.4. The highest BCUT2D eigenvalue weighted by atomic mass is 16.6. The van der Waals surface area contributed by atoms with Gasteiger partial charge >= 0.3 is 17.9 Å². The van der Waals surface area contributed by atoms with E-state index in [1.54, 1.807) is 67.6 Å². The van der Waals surface area contributed by atoms with Crippen molar-refractivity contribution >= 4 is 65.0 Å². The lowest BCUT2D eigenvalue weighted by atomic mass is 9.78. The largest absolute Gasteiger partial charge is 0.469 e. The van der Waals surface area contributed by atoms with Gasteiger partial charge in [-0.1, -0.05) is 74.5 Å². The summed E-state index contributed by atoms with van der Waals surface area (Å²) in [6.07, 6.45) is -0.417. The average molecular weight is 1200 g/mol. The van der Waals surface area contributed by atoms with Gasteiger partial charge in [0.2, 0.25) is 41.2 Å². The van der Waals surface area contributed by atoms with E-state index < -0.39 is 138 Å². The molecule has 1 aliphatic carbocycles. The van der Waals surface area contributed by atoms with Crippen LogP contribution in [-0.2, 0) is 89.3 Å². The van der Waals surface area contributed by atoms with E-state index in [9.17, 15) is 57.8 Å². The fourth-order valence-corrected chi connectivity index (χ4v) is 11.8. The molecule has 24 nitrogen and oxygen atoms in total. The molecule has 1 saturated carbocycles. The Morgan fingerprint density at radius 2 is 1.40 bits per heavy atom. The Morgan fingerprint density at radius 3 is 2.06 bits per heavy atom. The van der Waals surface area contributed by atoms with Gasteiger partial charge in [0.05, 0.1) is 45.1 Å². The van der Waals surface area contributed by atoms with Gasteiger partial charge in [-0.2, -0.15) is 0 Å². The molecule has 0 unspecified atom stereocenters. The second-order valence-electron chi connectivity index (χ2n) is 23.3. The lowest BCUT2D eigenvalue weighted by molar-refractivity contribution is -0.263. The number of esters is 3. The molecule has 4 aliphatic rings. The lowest BCUT2D eigenvalue weighted by Gasteiger charge is -2.42. The average Bonchev–Trinajstić information content (AvgIpc) is 1.37. The molecular weight excluding hydrogens is 1110 g/mol. The van der Waals surface area contributed by atoms with Crippen molar-refractivity contribution < 1.29 is 81.5 Å². The van der Waals surface area contributed by atoms with E-state index in [-0.39, 0.29) is 83.3 Å². The SMILES string of the molecule is COC(=O)CCC(=O)O[C@@H]1CC[C@@H](C[C@@H](C)[C@@H]2CC(=O)NCCNC(=O)CN(C)C(=O)[C@H](Cc3ccccc3)NC(=O)[C@H](Cc3ccccc3)N(C)C(=O)[C@H](C)NC(=O)CC[C@@H]3CC[C@@H](C)[C@@](O)(O3)C(=O)C(=O)N3CCCC[C@H]3C(=O)O2)C[C@H]1OC. The van der Waals surface area contributed by atoms with Gasteiger partial charge < -0.3 is 64.8 Å². The zero-order valence-corrected chi connectivity index (χ0v) is 50.6. The number of methoxy groups -OCH3 is 2. The van der Waals surface area contributed by atoms with E-state index >= 15 is 0 Å². The number of amides is 7. The van der Waals surface area contributed by atoms with Gasteiger partial charge in [-0.25, -0.2) is 4.79 Å². The molecule has 3 aliphatic heterocycles. The van der Waals surface area contributed by atoms with Crippen LogP contribution in [0.1, 0.15) is 122 Å². The number of nitrogens with one attached hydrogen (secondary N) is 4. The van der Waals surface area contributed by atoms with E-state index in [1.807, 2.05) is 6.92 Å². The minimum absolute atomic E-state index is 0.0175. The van der Waals surface area contributed by atoms with Crippen LogP contribution in [0.3, 0.4) is 0 Å². The standard InChI is InChI=1S/C62H87N7O17/c1-38(32-43-22-25-48(50(35-43)82-6)84-55(74)28-27-54(73)83-7)49-36-52(71)63-29-30-64-53(72)37-67(4)59(78)45(33-41-16-10-8-11-17-41)66-57(76)47(34-42-18-12-9-13-19-42)68(5)58(77)40(3)65-51(70)26-24-44-23-21-39(2)62(81,86-44)56(75)60(79)69-31-15-14-20-46(69)61(80)85-49/h8-13,16-19,38-40,43-50,81H,14-15,20-37H2,1-7H3,(H,63,71)(H,64,72)(H,65,70)(H,66,76)/t38-,39-,40+,43+,44+,45+,46+,47+,48-,49+,50-,62-/m1/s1. The summed E-state index contributed by atoms with van der Waals surface area (Å²) in [5.74, 6) is -12.1. The maximum absolute atomic E-state index is 14.6. The Labute approximate surface area is 502 Å². The van der Waals surface area contributed by atoms with Gasteiger partial charge in [0.15, 0.2) is 0 Å². The molecule has 472 valence electrons. The fraction of sp³-hybridized carbons (Fsp3) is 0.629. The maximum Gasteiger partial charge on any atom is 0.329 e. The Bertz CT molecular complexity index is 2700. The number of ether oxygens (including phenoxy) is 5. The number of aliphatic hydroxyl groups is 1. The number of nitrogens with zero attached hydrogens (tertiary/aromatic N) is 3. The molecule has 2 bridgehead atoms. The predicted octanol–water partition coefficient (Wildman–Crippen LogP) is 2.24. The molecule has 4 fully saturated rings. The molecule has 2 aromatic carbocycles. The summed E-state index contributed by atoms with van der Waals surface area (Å²) >= 11 is 0. The fourth-order valence-electron chi connectivity index (χ4n) is 11.8. The summed E-state index contributed by atoms with van der Waals surface area (Å²) in [6, 6.07) is 13.0. The number of carbonyl (C=O) groups is 11. The first kappa shape index (κ1) is 67.8. The van der Waals surface area contributed by atoms with E-state index in [0.717, 1.165) is 4.90 Å². The van der Waals surface area contributed by atoms with Crippen LogP contribution in [0, 0.1) is 17.8 Å². The van der Waals surface area contributed by atoms with Crippen molar-refractivity contribution in [2.24, 2.45) is 17.8 Å². The highest BCUT2D eigenvalue weighted by Gasteiger charge is 2.53. The quantitative estimate of drug-likeness (QED) is 0.116. The van der Waals surface area contributed by atoms with Crippen LogP contribution >= 0.6 is 0 Å². The number of hydrogen-bond donors (Lipinski definition) is 5. The number of Topliss-reactive ketones (excluding diaryl/α,β-unsaturated/α-hetero) is 1. The molecule has 0 radical (unpaired) electrons. The normalized spacial score (nSPS) is 29.2. The van der Waals surface area contributed by atoms with Crippen molar-refractivity contribution in [3.8, 4) is 0 Å². The number of carbonyl (C=O) groups excluding carboxylic acids is 11. The number of hydrogen-bond acceptors (Lipinski definition) is 17. The minimum atomic E-state index is -2.63. The number of likely N-dealkylation sites (N-methyl/N-ethyl adjacent to an activating group) is 2. The molecular formula is C62H87N7O17. The molecule has 6 rings (SSSR count). The van der Waals surface area contributed by atoms with Crippen LogP contribution in [0.15, 0.2) is 60.7 Å². The lowest BCUT2D eigenvalue weighted by Crippen LogP contribution is -2.60. The van der Waals surface area contributed by atoms with Crippen LogP contribution in [0.25, 0.3) is 0 Å². The third-order valence-electron chi connectivity index (χ3n) is 16.9. The van der Waals surface area contributed by atoms with E-state index in [2.05, 4.69) is 26.0 Å². The molecule has 7 amide bonds. The first-order valence-electron chi connectivity index (χ1n) is 30.0. The van der Waals surface area contributed by atoms with Crippen molar-refractivity contribution in [1.29, 1.82) is 0 Å². The molecule has 86 heavy (non-hydrogen) atoms. The van der Waals surface area contributed by atoms with Gasteiger partial charge in [-0.3, -0.25) is 47.9 Å². The highest BCUT2D eigenvalue weighted by Crippen LogP contribution is 2.37. The van der Waals surface area contributed by atoms with Gasteiger partial charge in [0, 0.05) is 66.0 Å². The van der Waals surface area contributed by atoms with Gasteiger partial charge in [-0.15, -0.1) is 0 Å². The van der Waals surface area contributed by atoms with Crippen LogP contribution < -0.4 is 21.3 Å². The number of cyclic esters (lactones) is 1. The number of piperidine rings is 1. The van der Waals surface area contributed by atoms with Crippen molar-refractivity contribution in [1.82, 2.24) is 36.0 Å². The Morgan fingerprint density at radius 1 is 0.744 bits per heavy atom. The number of ketones is 1. The van der Waals surface area contributed by atoms with Crippen LogP contribution in [0.5, 0.6) is 0 Å². The van der Waals surface area contributed by atoms with Crippen molar-refractivity contribution in [3.63, 3.8) is 0 Å². The topological polar surface area (TPSA) is 312 Å². The van der Waals surface area contributed by atoms with Crippen LogP contribution in [0.4, 0.5) is 0 Å². The second-order valence-corrected chi connectivity index (χ2v) is 23.3. The Balaban J connectivity index is 1.24. The van der Waals surface area contributed by atoms with E-state index in [0.29, 0.717) is 56.1 Å². The number of fused-ring (bicyclic) bond motifs is 3. The molecule has 3 heterocycles. The molecule has 0 spiro atoms. The van der Waals surface area contributed by atoms with Crippen LogP contribution in [-0.4, -0.2) is 194 Å². The molecule has 0 aromatic heterocycles. The first-order chi connectivity index (χ1) is 41.0. The van der Waals surface area contributed by atoms with E-state index in [4.69, 9.17) is 18.9 Å². The minimum Gasteiger partial charge on any atom is -0.469 e. The zero-order chi connectivity index (χ0) is 62.7. The summed E-state index contributed by atoms with van der Waals surface area (Å²) in [4.78, 5) is 155. The first-order valence-corrected chi connectivity index (χ1v) is 30.0. The predicted molar refractivity (Wildman–Crippen MR) is 309 cm³/mol. The van der Waals surface area contributed by atoms with Crippen LogP contribution in [0.2, 0.25) is 0 Å². The molecule has 2 aromatic rings. The molecule has 3 saturated heterocycles. The highest BCUT2D eigenvalue weighted by molar-refractivity contribution is 6.39.